The quantitative estimate of drug-likeness (QED) is 0.408. The number of carboxylic acids is 1. The number of aliphatic carboxylic acids is 1. The Morgan fingerprint density at radius 3 is 2.18 bits per heavy atom. The van der Waals surface area contributed by atoms with Crippen molar-refractivity contribution in [2.24, 2.45) is 0 Å². The van der Waals surface area contributed by atoms with Crippen molar-refractivity contribution in [2.45, 2.75) is 71.2 Å². The van der Waals surface area contributed by atoms with Crippen molar-refractivity contribution in [2.75, 3.05) is 7.11 Å². The predicted molar refractivity (Wildman–Crippen MR) is 132 cm³/mol. The van der Waals surface area contributed by atoms with Gasteiger partial charge < -0.3 is 20.1 Å². The summed E-state index contributed by atoms with van der Waals surface area (Å²) in [4.78, 5) is 15.8. The van der Waals surface area contributed by atoms with Crippen LogP contribution in [-0.2, 0) is 16.1 Å². The Balaban J connectivity index is 0.00000578. The van der Waals surface area contributed by atoms with Gasteiger partial charge in [-0.1, -0.05) is 52.0 Å². The molecule has 8 heteroatoms. The maximum absolute atomic E-state index is 13.7. The fraction of sp³-hybridized carbons (Fsp3) is 0.462. The third-order valence-corrected chi connectivity index (χ3v) is 5.32. The molecule has 0 unspecified atom stereocenters. The average Bonchev–Trinajstić information content (AvgIpc) is 2.72. The van der Waals surface area contributed by atoms with Gasteiger partial charge in [0.1, 0.15) is 5.82 Å². The molecular weight excluding hydrogens is 448 g/mol. The van der Waals surface area contributed by atoms with Gasteiger partial charge in [0, 0.05) is 59.9 Å². The number of halogens is 1. The molecule has 181 valence electrons. The summed E-state index contributed by atoms with van der Waals surface area (Å²) < 4.78 is 19.2. The van der Waals surface area contributed by atoms with Crippen LogP contribution < -0.4 is 0 Å². The maximum Gasteiger partial charge on any atom is 0.305 e. The summed E-state index contributed by atoms with van der Waals surface area (Å²) in [5.41, 5.74) is 5.05. The smallest absolute Gasteiger partial charge is 0.305 e. The van der Waals surface area contributed by atoms with Crippen molar-refractivity contribution in [3.8, 4) is 11.1 Å². The molecule has 1 aromatic heterocycles. The molecule has 2 atom stereocenters. The number of aromatic nitrogens is 1. The topological polar surface area (TPSA) is 99.9 Å². The summed E-state index contributed by atoms with van der Waals surface area (Å²) in [6.45, 7) is 8.49. The molecule has 0 bridgehead atoms. The molecule has 2 rings (SSSR count). The zero-order valence-corrected chi connectivity index (χ0v) is 22.9. The van der Waals surface area contributed by atoms with Crippen molar-refractivity contribution in [3.05, 3.63) is 58.7 Å². The van der Waals surface area contributed by atoms with E-state index in [9.17, 15) is 19.4 Å². The van der Waals surface area contributed by atoms with Crippen molar-refractivity contribution >= 4 is 41.6 Å². The van der Waals surface area contributed by atoms with Crippen molar-refractivity contribution in [1.82, 2.24) is 4.98 Å². The van der Waals surface area contributed by atoms with Crippen LogP contribution >= 0.6 is 0 Å². The fourth-order valence-electron chi connectivity index (χ4n) is 3.85. The van der Waals surface area contributed by atoms with Gasteiger partial charge in [0.2, 0.25) is 0 Å². The fourth-order valence-corrected chi connectivity index (χ4v) is 3.85. The number of carbonyl (C=O) groups is 1. The molecule has 0 aliphatic heterocycles. The number of rotatable bonds is 11. The van der Waals surface area contributed by atoms with Crippen LogP contribution in [0.4, 0.5) is 4.39 Å². The Kier molecular flexibility index (Phi) is 12.6. The van der Waals surface area contributed by atoms with Crippen LogP contribution in [0.3, 0.4) is 0 Å². The molecule has 0 spiro atoms. The maximum atomic E-state index is 13.7. The van der Waals surface area contributed by atoms with Crippen LogP contribution in [0.2, 0.25) is 0 Å². The van der Waals surface area contributed by atoms with E-state index in [1.165, 1.54) is 18.2 Å². The van der Waals surface area contributed by atoms with Crippen LogP contribution in [-0.4, -0.2) is 75.1 Å². The Bertz CT molecular complexity index is 976. The summed E-state index contributed by atoms with van der Waals surface area (Å²) in [5.74, 6) is -1.28. The van der Waals surface area contributed by atoms with E-state index in [4.69, 9.17) is 14.8 Å². The minimum atomic E-state index is -1.16. The zero-order chi connectivity index (χ0) is 24.7. The van der Waals surface area contributed by atoms with E-state index < -0.39 is 24.6 Å². The molecule has 3 N–H and O–H groups in total. The Labute approximate surface area is 223 Å². The SMILES string of the molecule is COCc1c(C(C)C)nc(C(C)C)c(/C=C/[C@@H](O)C[C@@H](O)CC(=O)O)c1-c1ccc(F)cc1.[Na]. The minimum absolute atomic E-state index is 0. The van der Waals surface area contributed by atoms with Gasteiger partial charge in [0.05, 0.1) is 30.9 Å². The number of hydrogen-bond acceptors (Lipinski definition) is 5. The van der Waals surface area contributed by atoms with Crippen LogP contribution in [0.15, 0.2) is 30.3 Å². The summed E-state index contributed by atoms with van der Waals surface area (Å²) >= 11 is 0. The number of aliphatic hydroxyl groups excluding tert-OH is 2. The molecule has 6 nitrogen and oxygen atoms in total. The number of aliphatic hydroxyl groups is 2. The molecule has 0 amide bonds. The first-order chi connectivity index (χ1) is 15.5. The zero-order valence-electron chi connectivity index (χ0n) is 20.9. The van der Waals surface area contributed by atoms with Gasteiger partial charge in [-0.3, -0.25) is 9.78 Å². The van der Waals surface area contributed by atoms with E-state index in [0.29, 0.717) is 6.61 Å². The van der Waals surface area contributed by atoms with Gasteiger partial charge in [-0.2, -0.15) is 0 Å². The second-order valence-corrected chi connectivity index (χ2v) is 8.81. The average molecular weight is 483 g/mol. The normalized spacial score (nSPS) is 13.4. The summed E-state index contributed by atoms with van der Waals surface area (Å²) in [6, 6.07) is 6.23. The number of hydrogen-bond donors (Lipinski definition) is 3. The molecule has 1 aromatic carbocycles. The Hall–Kier alpha value is -1.61. The first kappa shape index (κ1) is 30.4. The molecule has 1 radical (unpaired) electrons. The molecule has 0 aliphatic rings. The van der Waals surface area contributed by atoms with Crippen molar-refractivity contribution < 1.29 is 29.2 Å². The number of ether oxygens (including phenoxy) is 1. The van der Waals surface area contributed by atoms with Crippen molar-refractivity contribution in [1.29, 1.82) is 0 Å². The summed E-state index contributed by atoms with van der Waals surface area (Å²) in [7, 11) is 1.61. The van der Waals surface area contributed by atoms with Gasteiger partial charge in [0.25, 0.3) is 0 Å². The summed E-state index contributed by atoms with van der Waals surface area (Å²) in [5, 5.41) is 29.1. The molecule has 2 aromatic rings. The molecule has 0 saturated heterocycles. The van der Waals surface area contributed by atoms with E-state index in [1.807, 2.05) is 13.8 Å². The number of pyridine rings is 1. The number of benzene rings is 1. The van der Waals surface area contributed by atoms with Crippen LogP contribution in [0.1, 0.15) is 74.9 Å². The van der Waals surface area contributed by atoms with Crippen molar-refractivity contribution in [3.63, 3.8) is 0 Å². The van der Waals surface area contributed by atoms with E-state index in [1.54, 1.807) is 25.3 Å². The predicted octanol–water partition coefficient (Wildman–Crippen LogP) is 4.50. The molecule has 1 heterocycles. The van der Waals surface area contributed by atoms with Crippen LogP contribution in [0.25, 0.3) is 17.2 Å². The largest absolute Gasteiger partial charge is 0.481 e. The molecule has 0 aliphatic carbocycles. The van der Waals surface area contributed by atoms with Crippen LogP contribution in [0.5, 0.6) is 0 Å². The minimum Gasteiger partial charge on any atom is -0.481 e. The summed E-state index contributed by atoms with van der Waals surface area (Å²) in [6.07, 6.45) is 0.541. The molecular formula is C26H34FNNaO5. The first-order valence-corrected chi connectivity index (χ1v) is 11.1. The van der Waals surface area contributed by atoms with E-state index in [2.05, 4.69) is 13.8 Å². The molecule has 34 heavy (non-hydrogen) atoms. The first-order valence-electron chi connectivity index (χ1n) is 11.1. The van der Waals surface area contributed by atoms with Gasteiger partial charge in [0.15, 0.2) is 0 Å². The Morgan fingerprint density at radius 2 is 1.68 bits per heavy atom. The van der Waals surface area contributed by atoms with E-state index >= 15 is 0 Å². The van der Waals surface area contributed by atoms with Gasteiger partial charge in [-0.25, -0.2) is 4.39 Å². The second kappa shape index (κ2) is 14.1. The van der Waals surface area contributed by atoms with E-state index in [0.717, 1.165) is 33.6 Å². The molecule has 0 fully saturated rings. The third-order valence-electron chi connectivity index (χ3n) is 5.32. The van der Waals surface area contributed by atoms with Gasteiger partial charge in [-0.05, 0) is 35.1 Å². The standard InChI is InChI=1S/C26H34FNO5.Na/c1-15(2)25-21(11-10-19(29)12-20(30)13-23(31)32)24(17-6-8-18(27)9-7-17)22(14-33-5)26(28-25)16(3)4;/h6-11,15-16,19-20,29-30H,12-14H2,1-5H3,(H,31,32);/b11-10+;/t19-,20-;/m1./s1. The second-order valence-electron chi connectivity index (χ2n) is 8.81. The number of nitrogens with zero attached hydrogens (tertiary/aromatic N) is 1. The van der Waals surface area contributed by atoms with E-state index in [-0.39, 0.29) is 53.6 Å². The number of carboxylic acid groups (broad SMARTS) is 1. The van der Waals surface area contributed by atoms with Gasteiger partial charge >= 0.3 is 5.97 Å². The molecule has 0 saturated carbocycles. The van der Waals surface area contributed by atoms with Crippen LogP contribution in [0, 0.1) is 5.82 Å². The van der Waals surface area contributed by atoms with Gasteiger partial charge in [-0.15, -0.1) is 0 Å². The monoisotopic (exact) mass is 482 g/mol. The number of methoxy groups -OCH3 is 1. The Morgan fingerprint density at radius 1 is 1.09 bits per heavy atom. The third kappa shape index (κ3) is 8.26.